The van der Waals surface area contributed by atoms with Crippen LogP contribution < -0.4 is 5.32 Å². The zero-order chi connectivity index (χ0) is 8.39. The molecule has 0 amide bonds. The molecule has 0 saturated carbocycles. The molecule has 0 radical (unpaired) electrons. The van der Waals surface area contributed by atoms with Crippen LogP contribution in [0.3, 0.4) is 0 Å². The van der Waals surface area contributed by atoms with Crippen molar-refractivity contribution in [1.82, 2.24) is 10.2 Å². The van der Waals surface area contributed by atoms with Gasteiger partial charge in [0.25, 0.3) is 0 Å². The number of rotatable bonds is 3. The molecule has 0 spiro atoms. The van der Waals surface area contributed by atoms with Crippen LogP contribution in [-0.4, -0.2) is 50.3 Å². The Morgan fingerprint density at radius 3 is 2.58 bits per heavy atom. The predicted octanol–water partition coefficient (Wildman–Crippen LogP) is 0.0690. The Bertz CT molecular complexity index is 135. The molecule has 2 bridgehead atoms. The van der Waals surface area contributed by atoms with Crippen molar-refractivity contribution in [1.29, 1.82) is 0 Å². The summed E-state index contributed by atoms with van der Waals surface area (Å²) in [6, 6.07) is 1.44. The van der Waals surface area contributed by atoms with Crippen LogP contribution in [0.5, 0.6) is 0 Å². The van der Waals surface area contributed by atoms with Crippen molar-refractivity contribution in [2.24, 2.45) is 0 Å². The van der Waals surface area contributed by atoms with Crippen molar-refractivity contribution in [3.8, 4) is 0 Å². The Morgan fingerprint density at radius 1 is 1.33 bits per heavy atom. The molecule has 1 N–H and O–H groups in total. The van der Waals surface area contributed by atoms with Gasteiger partial charge in [0.15, 0.2) is 0 Å². The minimum absolute atomic E-state index is 0.720. The molecular weight excluding hydrogens is 152 g/mol. The minimum atomic E-state index is 0.720. The molecule has 0 aromatic heterocycles. The second kappa shape index (κ2) is 3.73. The summed E-state index contributed by atoms with van der Waals surface area (Å²) in [5.41, 5.74) is 0. The number of nitrogens with zero attached hydrogens (tertiary/aromatic N) is 1. The number of hydrogen-bond donors (Lipinski definition) is 1. The van der Waals surface area contributed by atoms with Crippen molar-refractivity contribution >= 4 is 0 Å². The summed E-state index contributed by atoms with van der Waals surface area (Å²) in [7, 11) is 2.02. The van der Waals surface area contributed by atoms with Crippen LogP contribution in [-0.2, 0) is 4.74 Å². The number of fused-ring (bicyclic) bond motifs is 2. The van der Waals surface area contributed by atoms with Crippen LogP contribution in [0.25, 0.3) is 0 Å². The molecule has 12 heavy (non-hydrogen) atoms. The lowest BCUT2D eigenvalue weighted by molar-refractivity contribution is -0.0134. The van der Waals surface area contributed by atoms with E-state index in [4.69, 9.17) is 4.74 Å². The zero-order valence-corrected chi connectivity index (χ0v) is 7.75. The van der Waals surface area contributed by atoms with Gasteiger partial charge in [-0.3, -0.25) is 4.90 Å². The maximum Gasteiger partial charge on any atom is 0.0622 e. The van der Waals surface area contributed by atoms with Crippen LogP contribution in [0.1, 0.15) is 12.8 Å². The zero-order valence-electron chi connectivity index (χ0n) is 7.75. The molecule has 70 valence electrons. The van der Waals surface area contributed by atoms with Gasteiger partial charge in [-0.05, 0) is 19.9 Å². The van der Waals surface area contributed by atoms with Gasteiger partial charge in [0.2, 0.25) is 0 Å². The molecule has 3 nitrogen and oxygen atoms in total. The Kier molecular flexibility index (Phi) is 2.63. The van der Waals surface area contributed by atoms with Crippen LogP contribution >= 0.6 is 0 Å². The molecule has 2 aliphatic heterocycles. The molecule has 2 rings (SSSR count). The van der Waals surface area contributed by atoms with E-state index in [2.05, 4.69) is 10.2 Å². The van der Waals surface area contributed by atoms with Crippen molar-refractivity contribution in [2.45, 2.75) is 24.9 Å². The first-order valence-electron chi connectivity index (χ1n) is 4.90. The second-order valence-corrected chi connectivity index (χ2v) is 3.76. The van der Waals surface area contributed by atoms with Crippen molar-refractivity contribution in [3.63, 3.8) is 0 Å². The summed E-state index contributed by atoms with van der Waals surface area (Å²) >= 11 is 0. The topological polar surface area (TPSA) is 24.5 Å². The monoisotopic (exact) mass is 170 g/mol. The third-order valence-electron chi connectivity index (χ3n) is 3.01. The molecule has 3 heteroatoms. The molecule has 0 aromatic rings. The number of ether oxygens (including phenoxy) is 1. The fourth-order valence-corrected chi connectivity index (χ4v) is 2.32. The normalized spacial score (nSPS) is 35.8. The van der Waals surface area contributed by atoms with E-state index < -0.39 is 0 Å². The minimum Gasteiger partial charge on any atom is -0.378 e. The first kappa shape index (κ1) is 8.48. The number of likely N-dealkylation sites (N-methyl/N-ethyl adjacent to an activating group) is 1. The molecule has 0 aromatic carbocycles. The van der Waals surface area contributed by atoms with Gasteiger partial charge in [0.05, 0.1) is 13.2 Å². The van der Waals surface area contributed by atoms with E-state index in [1.807, 2.05) is 7.05 Å². The highest BCUT2D eigenvalue weighted by Crippen LogP contribution is 2.27. The molecule has 2 saturated heterocycles. The summed E-state index contributed by atoms with van der Waals surface area (Å²) in [6.45, 7) is 4.21. The molecule has 0 aliphatic carbocycles. The summed E-state index contributed by atoms with van der Waals surface area (Å²) < 4.78 is 5.50. The van der Waals surface area contributed by atoms with E-state index in [1.165, 1.54) is 19.4 Å². The van der Waals surface area contributed by atoms with E-state index >= 15 is 0 Å². The third-order valence-corrected chi connectivity index (χ3v) is 3.01. The number of morpholine rings is 1. The van der Waals surface area contributed by atoms with Crippen LogP contribution in [0, 0.1) is 0 Å². The summed E-state index contributed by atoms with van der Waals surface area (Å²) in [4.78, 5) is 2.61. The van der Waals surface area contributed by atoms with Gasteiger partial charge >= 0.3 is 0 Å². The fraction of sp³-hybridized carbons (Fsp3) is 1.00. The van der Waals surface area contributed by atoms with Gasteiger partial charge in [0, 0.05) is 25.2 Å². The predicted molar refractivity (Wildman–Crippen MR) is 48.3 cm³/mol. The maximum absolute atomic E-state index is 5.50. The Balaban J connectivity index is 1.87. The van der Waals surface area contributed by atoms with E-state index in [9.17, 15) is 0 Å². The van der Waals surface area contributed by atoms with E-state index in [0.717, 1.165) is 31.8 Å². The summed E-state index contributed by atoms with van der Waals surface area (Å²) in [6.07, 6.45) is 2.68. The summed E-state index contributed by atoms with van der Waals surface area (Å²) in [5, 5.41) is 3.20. The fourth-order valence-electron chi connectivity index (χ4n) is 2.32. The van der Waals surface area contributed by atoms with Gasteiger partial charge in [0.1, 0.15) is 0 Å². The highest BCUT2D eigenvalue weighted by atomic mass is 16.5. The van der Waals surface area contributed by atoms with Gasteiger partial charge < -0.3 is 10.1 Å². The lowest BCUT2D eigenvalue weighted by atomic mass is 10.2. The first-order chi connectivity index (χ1) is 5.92. The Labute approximate surface area is 74.1 Å². The molecule has 2 unspecified atom stereocenters. The first-order valence-corrected chi connectivity index (χ1v) is 4.90. The van der Waals surface area contributed by atoms with E-state index in [1.54, 1.807) is 0 Å². The van der Waals surface area contributed by atoms with E-state index in [0.29, 0.717) is 0 Å². The smallest absolute Gasteiger partial charge is 0.0622 e. The average molecular weight is 170 g/mol. The van der Waals surface area contributed by atoms with E-state index in [-0.39, 0.29) is 0 Å². The quantitative estimate of drug-likeness (QED) is 0.648. The highest BCUT2D eigenvalue weighted by molar-refractivity contribution is 4.90. The second-order valence-electron chi connectivity index (χ2n) is 3.76. The number of nitrogens with one attached hydrogen (secondary N) is 1. The Morgan fingerprint density at radius 2 is 2.00 bits per heavy atom. The van der Waals surface area contributed by atoms with Gasteiger partial charge in [-0.1, -0.05) is 0 Å². The van der Waals surface area contributed by atoms with Gasteiger partial charge in [-0.15, -0.1) is 0 Å². The molecule has 2 fully saturated rings. The standard InChI is InChI=1S/C9H18N2O/c1-10-4-5-11-8-2-3-9(11)7-12-6-8/h8-10H,2-7H2,1H3. The van der Waals surface area contributed by atoms with Crippen molar-refractivity contribution < 1.29 is 4.74 Å². The lowest BCUT2D eigenvalue weighted by Gasteiger charge is -2.34. The molecule has 2 atom stereocenters. The molecule has 2 aliphatic rings. The number of hydrogen-bond acceptors (Lipinski definition) is 3. The molecule has 2 heterocycles. The third kappa shape index (κ3) is 1.49. The molecular formula is C9H18N2O. The van der Waals surface area contributed by atoms with Crippen LogP contribution in [0.15, 0.2) is 0 Å². The van der Waals surface area contributed by atoms with Gasteiger partial charge in [-0.2, -0.15) is 0 Å². The highest BCUT2D eigenvalue weighted by Gasteiger charge is 2.36. The van der Waals surface area contributed by atoms with Crippen molar-refractivity contribution in [2.75, 3.05) is 33.4 Å². The van der Waals surface area contributed by atoms with Crippen LogP contribution in [0.4, 0.5) is 0 Å². The largest absolute Gasteiger partial charge is 0.378 e. The van der Waals surface area contributed by atoms with Crippen molar-refractivity contribution in [3.05, 3.63) is 0 Å². The SMILES string of the molecule is CNCCN1C2CCC1COC2. The summed E-state index contributed by atoms with van der Waals surface area (Å²) in [5.74, 6) is 0. The van der Waals surface area contributed by atoms with Gasteiger partial charge in [-0.25, -0.2) is 0 Å². The maximum atomic E-state index is 5.50. The average Bonchev–Trinajstić information content (AvgIpc) is 2.36. The van der Waals surface area contributed by atoms with Crippen LogP contribution in [0.2, 0.25) is 0 Å². The lowest BCUT2D eigenvalue weighted by Crippen LogP contribution is -2.47. The Hall–Kier alpha value is -0.120.